The van der Waals surface area contributed by atoms with E-state index in [-0.39, 0.29) is 17.4 Å². The van der Waals surface area contributed by atoms with Crippen molar-refractivity contribution in [2.75, 3.05) is 0 Å². The maximum Gasteiger partial charge on any atom is 0.224 e. The fourth-order valence-electron chi connectivity index (χ4n) is 3.28. The van der Waals surface area contributed by atoms with E-state index < -0.39 is 0 Å². The number of rotatable bonds is 3. The Morgan fingerprint density at radius 1 is 1.29 bits per heavy atom. The third-order valence-electron chi connectivity index (χ3n) is 4.49. The van der Waals surface area contributed by atoms with E-state index in [4.69, 9.17) is 18.0 Å². The second-order valence-corrected chi connectivity index (χ2v) is 6.10. The highest BCUT2D eigenvalue weighted by atomic mass is 32.1. The summed E-state index contributed by atoms with van der Waals surface area (Å²) in [6, 6.07) is 0. The number of thiocarbonyl (C=S) groups is 1. The molecule has 2 saturated carbocycles. The highest BCUT2D eigenvalue weighted by Crippen LogP contribution is 2.34. The molecule has 17 heavy (non-hydrogen) atoms. The highest BCUT2D eigenvalue weighted by molar-refractivity contribution is 7.80. The molecular weight excluding hydrogens is 232 g/mol. The quantitative estimate of drug-likeness (QED) is 0.759. The lowest BCUT2D eigenvalue weighted by Crippen LogP contribution is -2.56. The molecule has 0 heterocycles. The van der Waals surface area contributed by atoms with Gasteiger partial charge in [-0.3, -0.25) is 4.79 Å². The van der Waals surface area contributed by atoms with Crippen LogP contribution in [0.1, 0.15) is 51.9 Å². The third-order valence-corrected chi connectivity index (χ3v) is 4.88. The Bertz CT molecular complexity index is 323. The molecule has 2 aliphatic carbocycles. The van der Waals surface area contributed by atoms with E-state index in [1.54, 1.807) is 0 Å². The number of amides is 1. The zero-order valence-corrected chi connectivity index (χ0v) is 11.3. The molecule has 2 aliphatic rings. The maximum atomic E-state index is 12.3. The number of carbonyl (C=O) groups is 1. The van der Waals surface area contributed by atoms with Gasteiger partial charge < -0.3 is 11.1 Å². The van der Waals surface area contributed by atoms with Crippen molar-refractivity contribution in [3.63, 3.8) is 0 Å². The van der Waals surface area contributed by atoms with Crippen LogP contribution in [0.3, 0.4) is 0 Å². The lowest BCUT2D eigenvalue weighted by molar-refractivity contribution is -0.127. The first-order valence-corrected chi connectivity index (χ1v) is 7.08. The normalized spacial score (nSPS) is 31.4. The van der Waals surface area contributed by atoms with Crippen LogP contribution in [-0.4, -0.2) is 16.4 Å². The first kappa shape index (κ1) is 12.8. The van der Waals surface area contributed by atoms with Gasteiger partial charge in [-0.25, -0.2) is 0 Å². The van der Waals surface area contributed by atoms with Crippen molar-refractivity contribution in [3.05, 3.63) is 0 Å². The molecule has 2 unspecified atom stereocenters. The van der Waals surface area contributed by atoms with Gasteiger partial charge >= 0.3 is 0 Å². The Balaban J connectivity index is 2.03. The van der Waals surface area contributed by atoms with Crippen LogP contribution in [0.5, 0.6) is 0 Å². The molecule has 4 heteroatoms. The third kappa shape index (κ3) is 2.46. The fourth-order valence-corrected chi connectivity index (χ4v) is 3.53. The van der Waals surface area contributed by atoms with E-state index in [1.807, 2.05) is 0 Å². The summed E-state index contributed by atoms with van der Waals surface area (Å²) in [5.41, 5.74) is 5.45. The van der Waals surface area contributed by atoms with Crippen LogP contribution in [0.2, 0.25) is 0 Å². The average Bonchev–Trinajstić information content (AvgIpc) is 2.87. The largest absolute Gasteiger partial charge is 0.391 e. The summed E-state index contributed by atoms with van der Waals surface area (Å²) in [4.78, 5) is 12.8. The summed E-state index contributed by atoms with van der Waals surface area (Å²) >= 11 is 5.15. The summed E-state index contributed by atoms with van der Waals surface area (Å²) in [6.45, 7) is 2.17. The molecule has 0 radical (unpaired) electrons. The van der Waals surface area contributed by atoms with Gasteiger partial charge in [0.25, 0.3) is 0 Å². The number of hydrogen-bond donors (Lipinski definition) is 2. The van der Waals surface area contributed by atoms with Crippen LogP contribution in [-0.2, 0) is 4.79 Å². The van der Waals surface area contributed by atoms with Gasteiger partial charge in [0.2, 0.25) is 5.91 Å². The lowest BCUT2D eigenvalue weighted by atomic mass is 9.92. The van der Waals surface area contributed by atoms with E-state index in [0.29, 0.717) is 10.9 Å². The molecule has 2 atom stereocenters. The van der Waals surface area contributed by atoms with Crippen molar-refractivity contribution in [1.82, 2.24) is 5.32 Å². The SMILES string of the molecule is CC1CCCC1C(=O)NC1(C(N)=S)CCCC1. The Hall–Kier alpha value is -0.640. The van der Waals surface area contributed by atoms with Crippen molar-refractivity contribution < 1.29 is 4.79 Å². The smallest absolute Gasteiger partial charge is 0.224 e. The van der Waals surface area contributed by atoms with Gasteiger partial charge in [-0.15, -0.1) is 0 Å². The first-order chi connectivity index (χ1) is 8.05. The molecule has 1 amide bonds. The van der Waals surface area contributed by atoms with Gasteiger partial charge in [0.15, 0.2) is 0 Å². The van der Waals surface area contributed by atoms with Crippen LogP contribution in [0, 0.1) is 11.8 Å². The second-order valence-electron chi connectivity index (χ2n) is 5.66. The lowest BCUT2D eigenvalue weighted by Gasteiger charge is -2.31. The average molecular weight is 254 g/mol. The molecule has 0 aromatic rings. The number of hydrogen-bond acceptors (Lipinski definition) is 2. The molecule has 96 valence electrons. The van der Waals surface area contributed by atoms with E-state index in [9.17, 15) is 4.79 Å². The van der Waals surface area contributed by atoms with E-state index in [0.717, 1.165) is 38.5 Å². The van der Waals surface area contributed by atoms with Crippen LogP contribution < -0.4 is 11.1 Å². The Morgan fingerprint density at radius 2 is 1.94 bits per heavy atom. The number of carbonyl (C=O) groups excluding carboxylic acids is 1. The van der Waals surface area contributed by atoms with Crippen molar-refractivity contribution in [3.8, 4) is 0 Å². The molecule has 0 aromatic heterocycles. The van der Waals surface area contributed by atoms with Crippen LogP contribution in [0.4, 0.5) is 0 Å². The standard InChI is InChI=1S/C13H22N2OS/c1-9-5-4-6-10(9)11(16)15-13(12(14)17)7-2-3-8-13/h9-10H,2-8H2,1H3,(H2,14,17)(H,15,16). The fraction of sp³-hybridized carbons (Fsp3) is 0.846. The number of nitrogens with two attached hydrogens (primary N) is 1. The van der Waals surface area contributed by atoms with Gasteiger partial charge in [-0.05, 0) is 31.6 Å². The Morgan fingerprint density at radius 3 is 2.41 bits per heavy atom. The molecule has 3 N–H and O–H groups in total. The molecule has 0 spiro atoms. The molecule has 0 bridgehead atoms. The maximum absolute atomic E-state index is 12.3. The molecule has 2 rings (SSSR count). The van der Waals surface area contributed by atoms with Gasteiger partial charge in [-0.2, -0.15) is 0 Å². The minimum absolute atomic E-state index is 0.168. The monoisotopic (exact) mass is 254 g/mol. The van der Waals surface area contributed by atoms with Crippen LogP contribution in [0.25, 0.3) is 0 Å². The molecular formula is C13H22N2OS. The minimum Gasteiger partial charge on any atom is -0.391 e. The van der Waals surface area contributed by atoms with E-state index in [2.05, 4.69) is 12.2 Å². The number of nitrogens with one attached hydrogen (secondary N) is 1. The van der Waals surface area contributed by atoms with Gasteiger partial charge in [0.1, 0.15) is 0 Å². The van der Waals surface area contributed by atoms with Crippen LogP contribution >= 0.6 is 12.2 Å². The van der Waals surface area contributed by atoms with E-state index >= 15 is 0 Å². The molecule has 0 aliphatic heterocycles. The predicted molar refractivity (Wildman–Crippen MR) is 72.6 cm³/mol. The molecule has 0 aromatic carbocycles. The zero-order valence-electron chi connectivity index (χ0n) is 10.5. The highest BCUT2D eigenvalue weighted by Gasteiger charge is 2.40. The van der Waals surface area contributed by atoms with Gasteiger partial charge in [0, 0.05) is 5.92 Å². The topological polar surface area (TPSA) is 55.1 Å². The van der Waals surface area contributed by atoms with Crippen molar-refractivity contribution >= 4 is 23.1 Å². The van der Waals surface area contributed by atoms with Gasteiger partial charge in [-0.1, -0.05) is 38.4 Å². The summed E-state index contributed by atoms with van der Waals surface area (Å²) in [5, 5.41) is 3.16. The van der Waals surface area contributed by atoms with Gasteiger partial charge in [0.05, 0.1) is 10.5 Å². The van der Waals surface area contributed by atoms with Crippen LogP contribution in [0.15, 0.2) is 0 Å². The summed E-state index contributed by atoms with van der Waals surface area (Å²) in [6.07, 6.45) is 7.39. The molecule has 3 nitrogen and oxygen atoms in total. The first-order valence-electron chi connectivity index (χ1n) is 6.67. The van der Waals surface area contributed by atoms with Crippen molar-refractivity contribution in [1.29, 1.82) is 0 Å². The summed E-state index contributed by atoms with van der Waals surface area (Å²) in [7, 11) is 0. The molecule has 0 saturated heterocycles. The zero-order chi connectivity index (χ0) is 12.5. The predicted octanol–water partition coefficient (Wildman–Crippen LogP) is 2.14. The summed E-state index contributed by atoms with van der Waals surface area (Å²) < 4.78 is 0. The molecule has 2 fully saturated rings. The minimum atomic E-state index is -0.380. The second kappa shape index (κ2) is 4.92. The Kier molecular flexibility index (Phi) is 3.71. The van der Waals surface area contributed by atoms with E-state index in [1.165, 1.54) is 6.42 Å². The summed E-state index contributed by atoms with van der Waals surface area (Å²) in [5.74, 6) is 0.839. The Labute approximate surface area is 109 Å². The van der Waals surface area contributed by atoms with Crippen molar-refractivity contribution in [2.24, 2.45) is 17.6 Å². The van der Waals surface area contributed by atoms with Crippen molar-refractivity contribution in [2.45, 2.75) is 57.4 Å².